The summed E-state index contributed by atoms with van der Waals surface area (Å²) < 4.78 is 5.84. The van der Waals surface area contributed by atoms with Crippen molar-refractivity contribution in [2.75, 3.05) is 11.6 Å². The molecule has 22 heavy (non-hydrogen) atoms. The molecule has 0 radical (unpaired) electrons. The first kappa shape index (κ1) is 15.9. The lowest BCUT2D eigenvalue weighted by molar-refractivity contribution is 0.306. The van der Waals surface area contributed by atoms with E-state index < -0.39 is 0 Å². The summed E-state index contributed by atoms with van der Waals surface area (Å²) in [5.74, 6) is 0.781. The highest BCUT2D eigenvalue weighted by atomic mass is 32.2. The molecule has 1 N–H and O–H groups in total. The van der Waals surface area contributed by atoms with Crippen LogP contribution in [0.4, 0.5) is 5.69 Å². The minimum atomic E-state index is 0.519. The van der Waals surface area contributed by atoms with Crippen LogP contribution in [-0.4, -0.2) is 11.4 Å². The molecule has 0 heterocycles. The molecule has 2 aromatic carbocycles. The number of ether oxygens (including phenoxy) is 1. The molecule has 0 aliphatic heterocycles. The largest absolute Gasteiger partial charge is 0.489 e. The number of aryl methyl sites for hydroxylation is 1. The van der Waals surface area contributed by atoms with Crippen LogP contribution in [-0.2, 0) is 6.61 Å². The molecule has 0 bridgehead atoms. The lowest BCUT2D eigenvalue weighted by atomic mass is 10.2. The van der Waals surface area contributed by atoms with Crippen LogP contribution < -0.4 is 10.1 Å². The molecule has 0 aliphatic rings. The maximum Gasteiger partial charge on any atom is 0.208 e. The molecule has 0 unspecified atom stereocenters. The van der Waals surface area contributed by atoms with Crippen molar-refractivity contribution in [2.24, 2.45) is 4.99 Å². The predicted octanol–water partition coefficient (Wildman–Crippen LogP) is 4.19. The normalized spacial score (nSPS) is 10.9. The molecule has 0 saturated carbocycles. The van der Waals surface area contributed by atoms with Gasteiger partial charge in [0, 0.05) is 11.8 Å². The highest BCUT2D eigenvalue weighted by Crippen LogP contribution is 2.22. The summed E-state index contributed by atoms with van der Waals surface area (Å²) in [6, 6.07) is 15.9. The molecule has 0 aromatic heterocycles. The van der Waals surface area contributed by atoms with Crippen molar-refractivity contribution in [3.05, 3.63) is 59.7 Å². The molecular formula is C17H17N3OS. The zero-order valence-electron chi connectivity index (χ0n) is 12.5. The molecule has 0 aliphatic carbocycles. The Bertz CT molecular complexity index is 693. The van der Waals surface area contributed by atoms with E-state index in [1.54, 1.807) is 6.19 Å². The van der Waals surface area contributed by atoms with Crippen molar-refractivity contribution >= 4 is 22.6 Å². The Hall–Kier alpha value is -2.45. The Morgan fingerprint density at radius 2 is 2.05 bits per heavy atom. The Morgan fingerprint density at radius 1 is 1.27 bits per heavy atom. The van der Waals surface area contributed by atoms with E-state index in [1.165, 1.54) is 11.8 Å². The second kappa shape index (κ2) is 8.11. The van der Waals surface area contributed by atoms with Gasteiger partial charge >= 0.3 is 0 Å². The molecule has 2 aromatic rings. The number of aliphatic imine (C=N–C) groups is 1. The molecule has 0 fully saturated rings. The van der Waals surface area contributed by atoms with E-state index in [1.807, 2.05) is 61.7 Å². The van der Waals surface area contributed by atoms with Crippen LogP contribution in [0.15, 0.2) is 53.5 Å². The van der Waals surface area contributed by atoms with E-state index in [0.717, 1.165) is 22.6 Å². The van der Waals surface area contributed by atoms with Crippen LogP contribution in [0.25, 0.3) is 0 Å². The first-order chi connectivity index (χ1) is 10.7. The lowest BCUT2D eigenvalue weighted by Crippen LogP contribution is -2.07. The molecule has 5 heteroatoms. The van der Waals surface area contributed by atoms with E-state index in [9.17, 15) is 0 Å². The average molecular weight is 311 g/mol. The smallest absolute Gasteiger partial charge is 0.208 e. The monoisotopic (exact) mass is 311 g/mol. The van der Waals surface area contributed by atoms with E-state index in [0.29, 0.717) is 11.8 Å². The highest BCUT2D eigenvalue weighted by Gasteiger charge is 2.03. The second-order valence-corrected chi connectivity index (χ2v) is 5.45. The van der Waals surface area contributed by atoms with Crippen molar-refractivity contribution in [3.8, 4) is 11.9 Å². The van der Waals surface area contributed by atoms with Crippen molar-refractivity contribution in [1.82, 2.24) is 0 Å². The van der Waals surface area contributed by atoms with Crippen LogP contribution >= 0.6 is 11.8 Å². The van der Waals surface area contributed by atoms with Gasteiger partial charge in [-0.05, 0) is 36.4 Å². The Labute approximate surface area is 134 Å². The van der Waals surface area contributed by atoms with E-state index in [4.69, 9.17) is 10.00 Å². The predicted molar refractivity (Wildman–Crippen MR) is 92.1 cm³/mol. The SMILES string of the molecule is CS/C(=N\C#N)Nc1cc(C)cc(OCc2ccccc2)c1. The van der Waals surface area contributed by atoms with Gasteiger partial charge in [0.05, 0.1) is 0 Å². The topological polar surface area (TPSA) is 57.4 Å². The van der Waals surface area contributed by atoms with E-state index in [-0.39, 0.29) is 0 Å². The van der Waals surface area contributed by atoms with Crippen LogP contribution in [0.1, 0.15) is 11.1 Å². The van der Waals surface area contributed by atoms with Gasteiger partial charge in [-0.3, -0.25) is 0 Å². The summed E-state index contributed by atoms with van der Waals surface area (Å²) in [4.78, 5) is 3.72. The van der Waals surface area contributed by atoms with Crippen molar-refractivity contribution in [1.29, 1.82) is 5.26 Å². The van der Waals surface area contributed by atoms with Gasteiger partial charge in [-0.25, -0.2) is 0 Å². The van der Waals surface area contributed by atoms with Crippen LogP contribution in [0.2, 0.25) is 0 Å². The summed E-state index contributed by atoms with van der Waals surface area (Å²) in [5, 5.41) is 12.3. The van der Waals surface area contributed by atoms with Crippen LogP contribution in [0.5, 0.6) is 5.75 Å². The molecule has 4 nitrogen and oxygen atoms in total. The first-order valence-corrected chi connectivity index (χ1v) is 8.00. The highest BCUT2D eigenvalue weighted by molar-refractivity contribution is 8.13. The van der Waals surface area contributed by atoms with E-state index >= 15 is 0 Å². The number of nitriles is 1. The molecule has 0 spiro atoms. The molecule has 0 saturated heterocycles. The van der Waals surface area contributed by atoms with Crippen LogP contribution in [0, 0.1) is 18.4 Å². The number of amidine groups is 1. The van der Waals surface area contributed by atoms with Crippen molar-refractivity contribution < 1.29 is 4.74 Å². The third-order valence-electron chi connectivity index (χ3n) is 2.90. The Balaban J connectivity index is 2.10. The third kappa shape index (κ3) is 4.83. The van der Waals surface area contributed by atoms with Gasteiger partial charge in [0.1, 0.15) is 12.4 Å². The Morgan fingerprint density at radius 3 is 2.73 bits per heavy atom. The summed E-state index contributed by atoms with van der Waals surface area (Å²) >= 11 is 1.39. The molecule has 0 atom stereocenters. The Kier molecular flexibility index (Phi) is 5.87. The van der Waals surface area contributed by atoms with Crippen LogP contribution in [0.3, 0.4) is 0 Å². The van der Waals surface area contributed by atoms with Gasteiger partial charge in [0.15, 0.2) is 5.17 Å². The summed E-state index contributed by atoms with van der Waals surface area (Å²) in [7, 11) is 0. The number of rotatable bonds is 4. The lowest BCUT2D eigenvalue weighted by Gasteiger charge is -2.11. The fourth-order valence-corrected chi connectivity index (χ4v) is 2.29. The minimum absolute atomic E-state index is 0.519. The zero-order valence-corrected chi connectivity index (χ0v) is 13.4. The first-order valence-electron chi connectivity index (χ1n) is 6.77. The number of hydrogen-bond acceptors (Lipinski definition) is 4. The molecule has 112 valence electrons. The maximum absolute atomic E-state index is 8.65. The molecule has 0 amide bonds. The summed E-state index contributed by atoms with van der Waals surface area (Å²) in [6.45, 7) is 2.52. The number of hydrogen-bond donors (Lipinski definition) is 1. The minimum Gasteiger partial charge on any atom is -0.489 e. The fraction of sp³-hybridized carbons (Fsp3) is 0.176. The zero-order chi connectivity index (χ0) is 15.8. The van der Waals surface area contributed by atoms with Gasteiger partial charge in [-0.1, -0.05) is 42.1 Å². The fourth-order valence-electron chi connectivity index (χ4n) is 1.94. The second-order valence-electron chi connectivity index (χ2n) is 4.66. The number of anilines is 1. The van der Waals surface area contributed by atoms with Gasteiger partial charge in [0.25, 0.3) is 0 Å². The number of nitrogens with one attached hydrogen (secondary N) is 1. The number of thioether (sulfide) groups is 1. The number of nitrogens with zero attached hydrogens (tertiary/aromatic N) is 2. The molecular weight excluding hydrogens is 294 g/mol. The van der Waals surface area contributed by atoms with Gasteiger partial charge in [-0.2, -0.15) is 5.26 Å². The number of benzene rings is 2. The summed E-state index contributed by atoms with van der Waals surface area (Å²) in [5.41, 5.74) is 3.05. The molecule has 2 rings (SSSR count). The quantitative estimate of drug-likeness (QED) is 0.522. The van der Waals surface area contributed by atoms with Gasteiger partial charge in [-0.15, -0.1) is 4.99 Å². The van der Waals surface area contributed by atoms with Gasteiger partial charge in [0.2, 0.25) is 6.19 Å². The van der Waals surface area contributed by atoms with Crippen molar-refractivity contribution in [2.45, 2.75) is 13.5 Å². The maximum atomic E-state index is 8.65. The average Bonchev–Trinajstić information content (AvgIpc) is 2.53. The van der Waals surface area contributed by atoms with E-state index in [2.05, 4.69) is 10.3 Å². The van der Waals surface area contributed by atoms with Gasteiger partial charge < -0.3 is 10.1 Å². The third-order valence-corrected chi connectivity index (χ3v) is 3.48. The standard InChI is InChI=1S/C17H17N3OS/c1-13-8-15(20-17(22-2)19-12-18)10-16(9-13)21-11-14-6-4-3-5-7-14/h3-10H,11H2,1-2H3,(H,19,20). The van der Waals surface area contributed by atoms with Crippen molar-refractivity contribution in [3.63, 3.8) is 0 Å². The summed E-state index contributed by atoms with van der Waals surface area (Å²) in [6.07, 6.45) is 3.66.